The van der Waals surface area contributed by atoms with Crippen LogP contribution in [0.2, 0.25) is 0 Å². The van der Waals surface area contributed by atoms with Gasteiger partial charge in [0.25, 0.3) is 0 Å². The number of carbonyl (C=O) groups is 2. The Bertz CT molecular complexity index is 904. The van der Waals surface area contributed by atoms with E-state index in [1.807, 2.05) is 91.9 Å². The van der Waals surface area contributed by atoms with Crippen molar-refractivity contribution in [1.29, 1.82) is 0 Å². The molecule has 2 amide bonds. The van der Waals surface area contributed by atoms with Crippen LogP contribution in [0.4, 0.5) is 17.1 Å². The average molecular weight is 405 g/mol. The molecule has 0 aliphatic carbocycles. The third kappa shape index (κ3) is 5.48. The van der Waals surface area contributed by atoms with Crippen molar-refractivity contribution in [3.05, 3.63) is 84.9 Å². The number of thioether (sulfide) groups is 1. The van der Waals surface area contributed by atoms with Crippen LogP contribution in [0, 0.1) is 0 Å². The highest BCUT2D eigenvalue weighted by atomic mass is 32.2. The van der Waals surface area contributed by atoms with Crippen molar-refractivity contribution in [2.45, 2.75) is 30.4 Å². The zero-order valence-electron chi connectivity index (χ0n) is 16.5. The van der Waals surface area contributed by atoms with Gasteiger partial charge in [-0.25, -0.2) is 0 Å². The molecule has 0 spiro atoms. The molecule has 1 N–H and O–H groups in total. The highest BCUT2D eigenvalue weighted by molar-refractivity contribution is 8.00. The van der Waals surface area contributed by atoms with Crippen molar-refractivity contribution < 1.29 is 9.59 Å². The molecule has 3 aromatic rings. The fraction of sp³-hybridized carbons (Fsp3) is 0.167. The summed E-state index contributed by atoms with van der Waals surface area (Å²) < 4.78 is 0. The van der Waals surface area contributed by atoms with Crippen LogP contribution in [-0.2, 0) is 9.59 Å². The number of benzene rings is 3. The predicted molar refractivity (Wildman–Crippen MR) is 121 cm³/mol. The van der Waals surface area contributed by atoms with Gasteiger partial charge in [-0.2, -0.15) is 0 Å². The number of anilines is 3. The summed E-state index contributed by atoms with van der Waals surface area (Å²) in [5.41, 5.74) is 2.45. The molecule has 0 fully saturated rings. The Hall–Kier alpha value is -3.05. The number of carbonyl (C=O) groups excluding carboxylic acids is 2. The fourth-order valence-electron chi connectivity index (χ4n) is 2.99. The number of hydrogen-bond donors (Lipinski definition) is 1. The van der Waals surface area contributed by atoms with E-state index in [9.17, 15) is 9.59 Å². The molecule has 1 unspecified atom stereocenters. The lowest BCUT2D eigenvalue weighted by molar-refractivity contribution is -0.117. The van der Waals surface area contributed by atoms with Gasteiger partial charge in [-0.3, -0.25) is 14.5 Å². The van der Waals surface area contributed by atoms with Crippen LogP contribution in [0.25, 0.3) is 0 Å². The lowest BCUT2D eigenvalue weighted by Gasteiger charge is -2.27. The van der Waals surface area contributed by atoms with Gasteiger partial charge in [0, 0.05) is 28.9 Å². The van der Waals surface area contributed by atoms with Crippen LogP contribution in [0.1, 0.15) is 20.3 Å². The van der Waals surface area contributed by atoms with Crippen molar-refractivity contribution in [2.75, 3.05) is 10.2 Å². The van der Waals surface area contributed by atoms with Crippen LogP contribution < -0.4 is 10.2 Å². The van der Waals surface area contributed by atoms with E-state index in [0.29, 0.717) is 6.42 Å². The zero-order chi connectivity index (χ0) is 20.6. The average Bonchev–Trinajstić information content (AvgIpc) is 2.74. The van der Waals surface area contributed by atoms with Gasteiger partial charge < -0.3 is 5.32 Å². The van der Waals surface area contributed by atoms with Gasteiger partial charge in [-0.05, 0) is 55.0 Å². The summed E-state index contributed by atoms with van der Waals surface area (Å²) in [5, 5.41) is 2.53. The summed E-state index contributed by atoms with van der Waals surface area (Å²) in [6.45, 7) is 3.51. The standard InChI is InChI=1S/C24H24N2O2S/c1-3-23(29-22-16-14-19(15-17-22)25-18(2)27)24(28)26(20-10-6-4-7-11-20)21-12-8-5-9-13-21/h4-17,23H,3H2,1-2H3,(H,25,27). The molecule has 0 aromatic heterocycles. The molecule has 3 aromatic carbocycles. The van der Waals surface area contributed by atoms with Crippen molar-refractivity contribution >= 4 is 40.6 Å². The summed E-state index contributed by atoms with van der Waals surface area (Å²) >= 11 is 1.54. The molecule has 0 saturated heterocycles. The van der Waals surface area contributed by atoms with Crippen molar-refractivity contribution in [3.8, 4) is 0 Å². The van der Waals surface area contributed by atoms with Crippen molar-refractivity contribution in [1.82, 2.24) is 0 Å². The number of amides is 2. The topological polar surface area (TPSA) is 49.4 Å². The van der Waals surface area contributed by atoms with E-state index in [0.717, 1.165) is 22.0 Å². The first-order chi connectivity index (χ1) is 14.1. The summed E-state index contributed by atoms with van der Waals surface area (Å²) in [5.74, 6) is -0.0609. The normalized spacial score (nSPS) is 11.5. The Balaban J connectivity index is 1.84. The Morgan fingerprint density at radius 1 is 0.862 bits per heavy atom. The second kappa shape index (κ2) is 9.94. The van der Waals surface area contributed by atoms with Crippen LogP contribution in [-0.4, -0.2) is 17.1 Å². The highest BCUT2D eigenvalue weighted by Crippen LogP contribution is 2.33. The van der Waals surface area contributed by atoms with E-state index in [4.69, 9.17) is 0 Å². The summed E-state index contributed by atoms with van der Waals surface area (Å²) in [7, 11) is 0. The smallest absolute Gasteiger partial charge is 0.245 e. The Labute approximate surface area is 175 Å². The molecule has 1 atom stereocenters. The third-order valence-electron chi connectivity index (χ3n) is 4.35. The predicted octanol–water partition coefficient (Wildman–Crippen LogP) is 5.88. The lowest BCUT2D eigenvalue weighted by Crippen LogP contribution is -2.34. The molecule has 0 aliphatic heterocycles. The first kappa shape index (κ1) is 20.7. The van der Waals surface area contributed by atoms with Crippen molar-refractivity contribution in [2.24, 2.45) is 0 Å². The van der Waals surface area contributed by atoms with Gasteiger partial charge in [0.2, 0.25) is 11.8 Å². The minimum atomic E-state index is -0.234. The maximum atomic E-state index is 13.5. The van der Waals surface area contributed by atoms with E-state index >= 15 is 0 Å². The highest BCUT2D eigenvalue weighted by Gasteiger charge is 2.26. The molecule has 29 heavy (non-hydrogen) atoms. The monoisotopic (exact) mass is 404 g/mol. The molecule has 3 rings (SSSR count). The number of hydrogen-bond acceptors (Lipinski definition) is 3. The van der Waals surface area contributed by atoms with Gasteiger partial charge in [-0.1, -0.05) is 43.3 Å². The molecule has 0 radical (unpaired) electrons. The van der Waals surface area contributed by atoms with E-state index < -0.39 is 0 Å². The summed E-state index contributed by atoms with van der Waals surface area (Å²) in [6.07, 6.45) is 0.702. The molecule has 0 saturated carbocycles. The number of rotatable bonds is 7. The second-order valence-corrected chi connectivity index (χ2v) is 7.84. The maximum Gasteiger partial charge on any atom is 0.245 e. The maximum absolute atomic E-state index is 13.5. The van der Waals surface area contributed by atoms with Crippen molar-refractivity contribution in [3.63, 3.8) is 0 Å². The van der Waals surface area contributed by atoms with Gasteiger partial charge in [0.15, 0.2) is 0 Å². The zero-order valence-corrected chi connectivity index (χ0v) is 17.4. The van der Waals surface area contributed by atoms with Crippen LogP contribution in [0.15, 0.2) is 89.8 Å². The molecule has 0 bridgehead atoms. The van der Waals surface area contributed by atoms with Crippen LogP contribution in [0.5, 0.6) is 0 Å². The second-order valence-electron chi connectivity index (χ2n) is 6.57. The third-order valence-corrected chi connectivity index (χ3v) is 5.71. The van der Waals surface area contributed by atoms with E-state index in [-0.39, 0.29) is 17.1 Å². The van der Waals surface area contributed by atoms with Gasteiger partial charge >= 0.3 is 0 Å². The first-order valence-electron chi connectivity index (χ1n) is 9.57. The minimum Gasteiger partial charge on any atom is -0.326 e. The molecular formula is C24H24N2O2S. The van der Waals surface area contributed by atoms with Gasteiger partial charge in [-0.15, -0.1) is 11.8 Å². The molecule has 4 nitrogen and oxygen atoms in total. The first-order valence-corrected chi connectivity index (χ1v) is 10.4. The largest absolute Gasteiger partial charge is 0.326 e. The number of nitrogens with zero attached hydrogens (tertiary/aromatic N) is 1. The molecule has 0 aliphatic rings. The Morgan fingerprint density at radius 3 is 1.83 bits per heavy atom. The molecule has 5 heteroatoms. The Morgan fingerprint density at radius 2 is 1.38 bits per heavy atom. The number of para-hydroxylation sites is 2. The van der Waals surface area contributed by atoms with Gasteiger partial charge in [0.1, 0.15) is 0 Å². The van der Waals surface area contributed by atoms with E-state index in [1.54, 1.807) is 4.90 Å². The van der Waals surface area contributed by atoms with Gasteiger partial charge in [0.05, 0.1) is 5.25 Å². The molecular weight excluding hydrogens is 380 g/mol. The quantitative estimate of drug-likeness (QED) is 0.500. The summed E-state index contributed by atoms with van der Waals surface area (Å²) in [4.78, 5) is 27.5. The Kier molecular flexibility index (Phi) is 7.09. The SMILES string of the molecule is CCC(Sc1ccc(NC(C)=O)cc1)C(=O)N(c1ccccc1)c1ccccc1. The minimum absolute atomic E-state index is 0.0424. The molecule has 148 valence electrons. The molecule has 0 heterocycles. The van der Waals surface area contributed by atoms with Crippen LogP contribution in [0.3, 0.4) is 0 Å². The van der Waals surface area contributed by atoms with Crippen LogP contribution >= 0.6 is 11.8 Å². The lowest BCUT2D eigenvalue weighted by atomic mass is 10.2. The summed E-state index contributed by atoms with van der Waals surface area (Å²) in [6, 6.07) is 27.0. The number of nitrogens with one attached hydrogen (secondary N) is 1. The fourth-order valence-corrected chi connectivity index (χ4v) is 3.99. The van der Waals surface area contributed by atoms with E-state index in [1.165, 1.54) is 18.7 Å². The van der Waals surface area contributed by atoms with E-state index in [2.05, 4.69) is 5.32 Å².